The number of rotatable bonds is 1. The highest BCUT2D eigenvalue weighted by atomic mass is 16.2. The lowest BCUT2D eigenvalue weighted by molar-refractivity contribution is 0.0944. The quantitative estimate of drug-likeness (QED) is 0.709. The average molecular weight is 239 g/mol. The number of nitrogens with one attached hydrogen (secondary N) is 1. The molecule has 0 aliphatic heterocycles. The molecule has 0 radical (unpaired) electrons. The molecule has 1 aromatic carbocycles. The third kappa shape index (κ3) is 1.54. The standard InChI is InChI=1S/C14H13N3O/c1-9-7-10(2)17(16-9)14(18)12-8-15-13-6-4-3-5-11(12)13/h3-8,15H,1-2H3. The number of carbonyl (C=O) groups is 1. The van der Waals surface area contributed by atoms with Gasteiger partial charge in [-0.2, -0.15) is 5.10 Å². The van der Waals surface area contributed by atoms with Gasteiger partial charge in [-0.05, 0) is 26.0 Å². The first kappa shape index (κ1) is 10.8. The molecule has 0 aliphatic rings. The van der Waals surface area contributed by atoms with Gasteiger partial charge in [0.1, 0.15) is 0 Å². The molecule has 4 nitrogen and oxygen atoms in total. The van der Waals surface area contributed by atoms with Crippen LogP contribution in [0.5, 0.6) is 0 Å². The van der Waals surface area contributed by atoms with Crippen LogP contribution in [0.15, 0.2) is 36.5 Å². The Morgan fingerprint density at radius 1 is 1.28 bits per heavy atom. The topological polar surface area (TPSA) is 50.7 Å². The van der Waals surface area contributed by atoms with E-state index in [1.54, 1.807) is 6.20 Å². The molecule has 0 spiro atoms. The average Bonchev–Trinajstić information content (AvgIpc) is 2.92. The number of fused-ring (bicyclic) bond motifs is 1. The number of H-pyrrole nitrogens is 1. The monoisotopic (exact) mass is 239 g/mol. The number of nitrogens with zero attached hydrogens (tertiary/aromatic N) is 2. The molecule has 0 saturated heterocycles. The van der Waals surface area contributed by atoms with E-state index in [-0.39, 0.29) is 5.91 Å². The van der Waals surface area contributed by atoms with E-state index < -0.39 is 0 Å². The van der Waals surface area contributed by atoms with Gasteiger partial charge >= 0.3 is 0 Å². The second kappa shape index (κ2) is 3.84. The van der Waals surface area contributed by atoms with Crippen molar-refractivity contribution in [2.24, 2.45) is 0 Å². The molecule has 4 heteroatoms. The maximum Gasteiger partial charge on any atom is 0.280 e. The van der Waals surface area contributed by atoms with Crippen LogP contribution >= 0.6 is 0 Å². The Kier molecular flexibility index (Phi) is 2.30. The molecule has 2 heterocycles. The Labute approximate surface area is 104 Å². The zero-order valence-electron chi connectivity index (χ0n) is 10.3. The van der Waals surface area contributed by atoms with Gasteiger partial charge in [0, 0.05) is 22.8 Å². The maximum atomic E-state index is 12.4. The van der Waals surface area contributed by atoms with Gasteiger partial charge < -0.3 is 4.98 Å². The molecule has 90 valence electrons. The predicted molar refractivity (Wildman–Crippen MR) is 69.7 cm³/mol. The highest BCUT2D eigenvalue weighted by Crippen LogP contribution is 2.19. The lowest BCUT2D eigenvalue weighted by Gasteiger charge is -2.01. The second-order valence-corrected chi connectivity index (χ2v) is 4.39. The minimum Gasteiger partial charge on any atom is -0.360 e. The molecule has 2 aromatic heterocycles. The van der Waals surface area contributed by atoms with Crippen molar-refractivity contribution >= 4 is 16.8 Å². The lowest BCUT2D eigenvalue weighted by atomic mass is 10.1. The summed E-state index contributed by atoms with van der Waals surface area (Å²) >= 11 is 0. The zero-order valence-corrected chi connectivity index (χ0v) is 10.3. The molecule has 0 atom stereocenters. The summed E-state index contributed by atoms with van der Waals surface area (Å²) < 4.78 is 1.45. The SMILES string of the molecule is Cc1cc(C)n(C(=O)c2c[nH]c3ccccc23)n1. The van der Waals surface area contributed by atoms with Crippen LogP contribution in [-0.2, 0) is 0 Å². The van der Waals surface area contributed by atoms with E-state index in [1.807, 2.05) is 44.2 Å². The van der Waals surface area contributed by atoms with Gasteiger partial charge in [0.2, 0.25) is 0 Å². The van der Waals surface area contributed by atoms with Gasteiger partial charge in [0.15, 0.2) is 0 Å². The first-order chi connectivity index (χ1) is 8.66. The largest absolute Gasteiger partial charge is 0.360 e. The Bertz CT molecular complexity index is 736. The number of para-hydroxylation sites is 1. The maximum absolute atomic E-state index is 12.4. The Morgan fingerprint density at radius 3 is 2.78 bits per heavy atom. The van der Waals surface area contributed by atoms with E-state index in [9.17, 15) is 4.79 Å². The third-order valence-electron chi connectivity index (χ3n) is 3.02. The minimum absolute atomic E-state index is 0.0990. The minimum atomic E-state index is -0.0990. The van der Waals surface area contributed by atoms with Crippen LogP contribution in [-0.4, -0.2) is 20.7 Å². The van der Waals surface area contributed by atoms with Crippen LogP contribution in [0, 0.1) is 13.8 Å². The molecular weight excluding hydrogens is 226 g/mol. The van der Waals surface area contributed by atoms with E-state index in [1.165, 1.54) is 4.68 Å². The normalized spacial score (nSPS) is 11.0. The van der Waals surface area contributed by atoms with Crippen LogP contribution in [0.2, 0.25) is 0 Å². The number of hydrogen-bond donors (Lipinski definition) is 1. The van der Waals surface area contributed by atoms with Gasteiger partial charge in [0.05, 0.1) is 11.3 Å². The zero-order chi connectivity index (χ0) is 12.7. The molecular formula is C14H13N3O. The number of hydrogen-bond acceptors (Lipinski definition) is 2. The lowest BCUT2D eigenvalue weighted by Crippen LogP contribution is -2.14. The summed E-state index contributed by atoms with van der Waals surface area (Å²) in [7, 11) is 0. The molecule has 1 N–H and O–H groups in total. The highest BCUT2D eigenvalue weighted by molar-refractivity contribution is 6.07. The number of aromatic nitrogens is 3. The van der Waals surface area contributed by atoms with Crippen LogP contribution in [0.1, 0.15) is 21.7 Å². The molecule has 0 saturated carbocycles. The summed E-state index contributed by atoms with van der Waals surface area (Å²) in [5.41, 5.74) is 3.31. The van der Waals surface area contributed by atoms with Crippen molar-refractivity contribution in [3.8, 4) is 0 Å². The molecule has 0 fully saturated rings. The molecule has 3 aromatic rings. The summed E-state index contributed by atoms with van der Waals surface area (Å²) in [5, 5.41) is 5.15. The van der Waals surface area contributed by atoms with Crippen molar-refractivity contribution < 1.29 is 4.79 Å². The summed E-state index contributed by atoms with van der Waals surface area (Å²) in [6, 6.07) is 9.65. The molecule has 0 bridgehead atoms. The fourth-order valence-corrected chi connectivity index (χ4v) is 2.20. The molecule has 3 rings (SSSR count). The van der Waals surface area contributed by atoms with Crippen LogP contribution in [0.4, 0.5) is 0 Å². The van der Waals surface area contributed by atoms with E-state index in [0.717, 1.165) is 22.3 Å². The smallest absolute Gasteiger partial charge is 0.280 e. The molecule has 0 aliphatic carbocycles. The number of aromatic amines is 1. The third-order valence-corrected chi connectivity index (χ3v) is 3.02. The van der Waals surface area contributed by atoms with E-state index in [4.69, 9.17) is 0 Å². The van der Waals surface area contributed by atoms with Crippen molar-refractivity contribution in [1.82, 2.24) is 14.8 Å². The summed E-state index contributed by atoms with van der Waals surface area (Å²) in [6.07, 6.45) is 1.74. The van der Waals surface area contributed by atoms with Gasteiger partial charge in [-0.1, -0.05) is 18.2 Å². The van der Waals surface area contributed by atoms with Crippen molar-refractivity contribution in [3.05, 3.63) is 53.5 Å². The van der Waals surface area contributed by atoms with Gasteiger partial charge in [-0.3, -0.25) is 4.79 Å². The Balaban J connectivity index is 2.15. The first-order valence-corrected chi connectivity index (χ1v) is 5.81. The van der Waals surface area contributed by atoms with Crippen molar-refractivity contribution in [2.45, 2.75) is 13.8 Å². The van der Waals surface area contributed by atoms with E-state index in [0.29, 0.717) is 5.56 Å². The van der Waals surface area contributed by atoms with Crippen molar-refractivity contribution in [2.75, 3.05) is 0 Å². The summed E-state index contributed by atoms with van der Waals surface area (Å²) in [6.45, 7) is 3.76. The number of carbonyl (C=O) groups excluding carboxylic acids is 1. The number of benzene rings is 1. The molecule has 0 unspecified atom stereocenters. The fraction of sp³-hybridized carbons (Fsp3) is 0.143. The predicted octanol–water partition coefficient (Wildman–Crippen LogP) is 2.67. The highest BCUT2D eigenvalue weighted by Gasteiger charge is 2.16. The first-order valence-electron chi connectivity index (χ1n) is 5.81. The van der Waals surface area contributed by atoms with Crippen molar-refractivity contribution in [1.29, 1.82) is 0 Å². The summed E-state index contributed by atoms with van der Waals surface area (Å²) in [5.74, 6) is -0.0990. The van der Waals surface area contributed by atoms with E-state index in [2.05, 4.69) is 10.1 Å². The fourth-order valence-electron chi connectivity index (χ4n) is 2.20. The van der Waals surface area contributed by atoms with Crippen LogP contribution in [0.25, 0.3) is 10.9 Å². The van der Waals surface area contributed by atoms with Gasteiger partial charge in [0.25, 0.3) is 5.91 Å². The molecule has 18 heavy (non-hydrogen) atoms. The van der Waals surface area contributed by atoms with Gasteiger partial charge in [-0.15, -0.1) is 0 Å². The van der Waals surface area contributed by atoms with Crippen molar-refractivity contribution in [3.63, 3.8) is 0 Å². The molecule has 0 amide bonds. The van der Waals surface area contributed by atoms with E-state index >= 15 is 0 Å². The summed E-state index contributed by atoms with van der Waals surface area (Å²) in [4.78, 5) is 15.5. The second-order valence-electron chi connectivity index (χ2n) is 4.39. The van der Waals surface area contributed by atoms with Gasteiger partial charge in [-0.25, -0.2) is 4.68 Å². The Morgan fingerprint density at radius 2 is 2.06 bits per heavy atom. The van der Waals surface area contributed by atoms with Crippen LogP contribution in [0.3, 0.4) is 0 Å². The Hall–Kier alpha value is -2.36. The van der Waals surface area contributed by atoms with Crippen LogP contribution < -0.4 is 0 Å². The number of aryl methyl sites for hydroxylation is 2.